The van der Waals surface area contributed by atoms with Crippen molar-refractivity contribution in [2.24, 2.45) is 0 Å². The van der Waals surface area contributed by atoms with Gasteiger partial charge in [0.2, 0.25) is 0 Å². The monoisotopic (exact) mass is 294 g/mol. The number of nitrogens with one attached hydrogen (secondary N) is 1. The number of hydrogen-bond donors (Lipinski definition) is 2. The Morgan fingerprint density at radius 1 is 1.43 bits per heavy atom. The molecule has 0 saturated carbocycles. The molecule has 0 atom stereocenters. The van der Waals surface area contributed by atoms with Crippen LogP contribution in [0.1, 0.15) is 6.92 Å². The number of anilines is 1. The minimum Gasteiger partial charge on any atom is -0.497 e. The van der Waals surface area contributed by atoms with Crippen LogP contribution in [0.5, 0.6) is 5.75 Å². The SMILES string of the molecule is COc1cccc(NC(=O)N2CC(C)(OCC(=O)O)C2)c1. The lowest BCUT2D eigenvalue weighted by atomic mass is 9.97. The van der Waals surface area contributed by atoms with Gasteiger partial charge in [-0.05, 0) is 19.1 Å². The highest BCUT2D eigenvalue weighted by Gasteiger charge is 2.42. The van der Waals surface area contributed by atoms with Crippen molar-refractivity contribution < 1.29 is 24.2 Å². The van der Waals surface area contributed by atoms with Gasteiger partial charge in [-0.15, -0.1) is 0 Å². The highest BCUT2D eigenvalue weighted by atomic mass is 16.5. The molecule has 114 valence electrons. The van der Waals surface area contributed by atoms with E-state index in [1.165, 1.54) is 0 Å². The zero-order chi connectivity index (χ0) is 15.5. The Morgan fingerprint density at radius 2 is 2.14 bits per heavy atom. The van der Waals surface area contributed by atoms with Crippen LogP contribution in [0.2, 0.25) is 0 Å². The van der Waals surface area contributed by atoms with Gasteiger partial charge in [-0.25, -0.2) is 9.59 Å². The van der Waals surface area contributed by atoms with E-state index in [1.807, 2.05) is 0 Å². The van der Waals surface area contributed by atoms with E-state index in [2.05, 4.69) is 5.32 Å². The van der Waals surface area contributed by atoms with Gasteiger partial charge in [-0.2, -0.15) is 0 Å². The first-order valence-electron chi connectivity index (χ1n) is 6.48. The van der Waals surface area contributed by atoms with E-state index in [0.29, 0.717) is 24.5 Å². The third-order valence-electron chi connectivity index (χ3n) is 3.20. The number of rotatable bonds is 5. The zero-order valence-corrected chi connectivity index (χ0v) is 12.0. The molecule has 2 rings (SSSR count). The van der Waals surface area contributed by atoms with E-state index in [1.54, 1.807) is 43.2 Å². The van der Waals surface area contributed by atoms with Gasteiger partial charge in [0.1, 0.15) is 18.0 Å². The van der Waals surface area contributed by atoms with Gasteiger partial charge in [-0.3, -0.25) is 0 Å². The van der Waals surface area contributed by atoms with Crippen molar-refractivity contribution in [2.45, 2.75) is 12.5 Å². The van der Waals surface area contributed by atoms with Crippen molar-refractivity contribution in [2.75, 3.05) is 32.1 Å². The second-order valence-electron chi connectivity index (χ2n) is 5.15. The number of aliphatic carboxylic acids is 1. The predicted molar refractivity (Wildman–Crippen MR) is 75.6 cm³/mol. The van der Waals surface area contributed by atoms with Gasteiger partial charge in [0, 0.05) is 11.8 Å². The average Bonchev–Trinajstić information content (AvgIpc) is 2.42. The molecule has 0 bridgehead atoms. The van der Waals surface area contributed by atoms with E-state index in [0.717, 1.165) is 0 Å². The summed E-state index contributed by atoms with van der Waals surface area (Å²) in [5.41, 5.74) is 0.0452. The molecule has 1 saturated heterocycles. The lowest BCUT2D eigenvalue weighted by molar-refractivity contribution is -0.159. The summed E-state index contributed by atoms with van der Waals surface area (Å²) in [6, 6.07) is 6.80. The number of methoxy groups -OCH3 is 1. The molecule has 1 fully saturated rings. The fraction of sp³-hybridized carbons (Fsp3) is 0.429. The maximum absolute atomic E-state index is 12.0. The van der Waals surface area contributed by atoms with E-state index < -0.39 is 11.6 Å². The van der Waals surface area contributed by atoms with Gasteiger partial charge in [0.25, 0.3) is 0 Å². The third kappa shape index (κ3) is 3.85. The summed E-state index contributed by atoms with van der Waals surface area (Å²) >= 11 is 0. The van der Waals surface area contributed by atoms with Crippen LogP contribution in [0.15, 0.2) is 24.3 Å². The van der Waals surface area contributed by atoms with Crippen molar-refractivity contribution in [3.05, 3.63) is 24.3 Å². The van der Waals surface area contributed by atoms with Crippen molar-refractivity contribution in [1.82, 2.24) is 4.90 Å². The molecular weight excluding hydrogens is 276 g/mol. The molecule has 2 N–H and O–H groups in total. The van der Waals surface area contributed by atoms with E-state index >= 15 is 0 Å². The van der Waals surface area contributed by atoms with Crippen molar-refractivity contribution >= 4 is 17.7 Å². The van der Waals surface area contributed by atoms with Gasteiger partial charge < -0.3 is 24.8 Å². The number of benzene rings is 1. The van der Waals surface area contributed by atoms with Crippen LogP contribution in [0, 0.1) is 0 Å². The second kappa shape index (κ2) is 6.01. The Bertz CT molecular complexity index is 540. The summed E-state index contributed by atoms with van der Waals surface area (Å²) in [5.74, 6) is -0.360. The van der Waals surface area contributed by atoms with Crippen LogP contribution >= 0.6 is 0 Å². The number of urea groups is 1. The Morgan fingerprint density at radius 3 is 2.76 bits per heavy atom. The van der Waals surface area contributed by atoms with E-state index in [-0.39, 0.29) is 12.6 Å². The first kappa shape index (κ1) is 15.1. The first-order valence-corrected chi connectivity index (χ1v) is 6.48. The zero-order valence-electron chi connectivity index (χ0n) is 12.0. The van der Waals surface area contributed by atoms with Crippen LogP contribution in [-0.2, 0) is 9.53 Å². The summed E-state index contributed by atoms with van der Waals surface area (Å²) in [6.45, 7) is 2.14. The Labute approximate surface area is 122 Å². The van der Waals surface area contributed by atoms with Crippen LogP contribution in [0.3, 0.4) is 0 Å². The number of hydrogen-bond acceptors (Lipinski definition) is 4. The Hall–Kier alpha value is -2.28. The third-order valence-corrected chi connectivity index (χ3v) is 3.20. The average molecular weight is 294 g/mol. The fourth-order valence-corrected chi connectivity index (χ4v) is 2.14. The van der Waals surface area contributed by atoms with Crippen LogP contribution in [0.25, 0.3) is 0 Å². The van der Waals surface area contributed by atoms with Crippen molar-refractivity contribution in [3.8, 4) is 5.75 Å². The summed E-state index contributed by atoms with van der Waals surface area (Å²) < 4.78 is 10.3. The van der Waals surface area contributed by atoms with Gasteiger partial charge >= 0.3 is 12.0 Å². The molecule has 2 amide bonds. The summed E-state index contributed by atoms with van der Waals surface area (Å²) in [5, 5.41) is 11.3. The number of carbonyl (C=O) groups is 2. The molecule has 0 spiro atoms. The number of carbonyl (C=O) groups excluding carboxylic acids is 1. The highest BCUT2D eigenvalue weighted by Crippen LogP contribution is 2.26. The topological polar surface area (TPSA) is 88.1 Å². The number of carboxylic acids is 1. The fourth-order valence-electron chi connectivity index (χ4n) is 2.14. The van der Waals surface area contributed by atoms with E-state index in [9.17, 15) is 9.59 Å². The molecule has 0 aliphatic carbocycles. The number of ether oxygens (including phenoxy) is 2. The maximum Gasteiger partial charge on any atom is 0.329 e. The van der Waals surface area contributed by atoms with Gasteiger partial charge in [0.15, 0.2) is 0 Å². The van der Waals surface area contributed by atoms with E-state index in [4.69, 9.17) is 14.6 Å². The normalized spacial score (nSPS) is 16.0. The molecule has 1 aliphatic rings. The number of likely N-dealkylation sites (tertiary alicyclic amines) is 1. The standard InChI is InChI=1S/C14H18N2O5/c1-14(21-7-12(17)18)8-16(9-14)13(19)15-10-4-3-5-11(6-10)20-2/h3-6H,7-9H2,1-2H3,(H,15,19)(H,17,18). The van der Waals surface area contributed by atoms with Gasteiger partial charge in [-0.1, -0.05) is 6.07 Å². The predicted octanol–water partition coefficient (Wildman–Crippen LogP) is 1.40. The smallest absolute Gasteiger partial charge is 0.329 e. The largest absolute Gasteiger partial charge is 0.497 e. The molecule has 0 unspecified atom stereocenters. The van der Waals surface area contributed by atoms with Crippen LogP contribution in [0.4, 0.5) is 10.5 Å². The molecule has 7 heteroatoms. The van der Waals surface area contributed by atoms with Crippen LogP contribution in [-0.4, -0.2) is 54.4 Å². The molecule has 1 aliphatic heterocycles. The van der Waals surface area contributed by atoms with Crippen molar-refractivity contribution in [3.63, 3.8) is 0 Å². The number of amides is 2. The Kier molecular flexibility index (Phi) is 4.32. The minimum absolute atomic E-state index is 0.250. The number of nitrogens with zero attached hydrogens (tertiary/aromatic N) is 1. The van der Waals surface area contributed by atoms with Crippen LogP contribution < -0.4 is 10.1 Å². The molecule has 1 aromatic rings. The van der Waals surface area contributed by atoms with Crippen molar-refractivity contribution in [1.29, 1.82) is 0 Å². The lowest BCUT2D eigenvalue weighted by Gasteiger charge is -2.46. The molecule has 0 aromatic heterocycles. The molecule has 21 heavy (non-hydrogen) atoms. The molecule has 1 aromatic carbocycles. The van der Waals surface area contributed by atoms with Gasteiger partial charge in [0.05, 0.1) is 20.2 Å². The summed E-state index contributed by atoms with van der Waals surface area (Å²) in [4.78, 5) is 24.1. The maximum atomic E-state index is 12.0. The minimum atomic E-state index is -1.02. The lowest BCUT2D eigenvalue weighted by Crippen LogP contribution is -2.64. The number of carboxylic acid groups (broad SMARTS) is 1. The Balaban J connectivity index is 1.84. The molecule has 0 radical (unpaired) electrons. The molecule has 7 nitrogen and oxygen atoms in total. The second-order valence-corrected chi connectivity index (χ2v) is 5.15. The quantitative estimate of drug-likeness (QED) is 0.857. The molecule has 1 heterocycles. The highest BCUT2D eigenvalue weighted by molar-refractivity contribution is 5.90. The summed E-state index contributed by atoms with van der Waals surface area (Å²) in [6.07, 6.45) is 0. The molecular formula is C14H18N2O5. The first-order chi connectivity index (χ1) is 9.92. The summed E-state index contributed by atoms with van der Waals surface area (Å²) in [7, 11) is 1.56.